The topological polar surface area (TPSA) is 107 Å². The number of pyridine rings is 2. The van der Waals surface area contributed by atoms with Gasteiger partial charge in [0.15, 0.2) is 7.28 Å². The Kier molecular flexibility index (Phi) is 9.53. The minimum Gasteiger partial charge on any atom is -0.494 e. The number of carbonyl (C=O) groups excluding carboxylic acids is 2. The number of hydrogen-bond donors (Lipinski definition) is 2. The second kappa shape index (κ2) is 12.9. The molecule has 1 aliphatic heterocycles. The Morgan fingerprint density at radius 3 is 2.55 bits per heavy atom. The van der Waals surface area contributed by atoms with Crippen molar-refractivity contribution in [2.45, 2.75) is 31.5 Å². The van der Waals surface area contributed by atoms with Crippen LogP contribution in [0.4, 0.5) is 13.2 Å². The summed E-state index contributed by atoms with van der Waals surface area (Å²) >= 11 is 6.22. The maximum absolute atomic E-state index is 14.2. The number of methoxy groups -OCH3 is 1. The SMILES string of the molecule is CN.COc1cc(C(=O)NCCc2cc3c(c(-c4ccc(F)cc4)n2)[B]CC3(C=O)C(F)F)cc2cc(Cl)c(C)nc12. The third-order valence-electron chi connectivity index (χ3n) is 7.14. The number of aromatic nitrogens is 2. The number of aryl methyl sites for hydroxylation is 1. The number of aldehydes is 1. The van der Waals surface area contributed by atoms with Crippen LogP contribution in [-0.4, -0.2) is 56.6 Å². The van der Waals surface area contributed by atoms with Gasteiger partial charge in [0.2, 0.25) is 0 Å². The Bertz CT molecular complexity index is 1640. The number of nitrogens with two attached hydrogens (primary N) is 1. The van der Waals surface area contributed by atoms with Crippen molar-refractivity contribution in [1.29, 1.82) is 0 Å². The molecule has 0 spiro atoms. The molecule has 0 saturated carbocycles. The molecule has 0 aliphatic carbocycles. The third-order valence-corrected chi connectivity index (χ3v) is 7.52. The van der Waals surface area contributed by atoms with E-state index < -0.39 is 17.7 Å². The number of amides is 1. The zero-order valence-corrected chi connectivity index (χ0v) is 23.9. The van der Waals surface area contributed by atoms with Gasteiger partial charge in [0, 0.05) is 29.6 Å². The molecule has 12 heteroatoms. The van der Waals surface area contributed by atoms with E-state index in [4.69, 9.17) is 16.3 Å². The highest BCUT2D eigenvalue weighted by molar-refractivity contribution is 6.59. The fourth-order valence-electron chi connectivity index (χ4n) is 4.92. The molecular weight excluding hydrogens is 568 g/mol. The highest BCUT2D eigenvalue weighted by atomic mass is 35.5. The average molecular weight is 596 g/mol. The highest BCUT2D eigenvalue weighted by Crippen LogP contribution is 2.38. The van der Waals surface area contributed by atoms with E-state index in [0.29, 0.717) is 55.3 Å². The lowest BCUT2D eigenvalue weighted by atomic mass is 9.68. The van der Waals surface area contributed by atoms with Crippen LogP contribution >= 0.6 is 11.6 Å². The first-order chi connectivity index (χ1) is 20.2. The number of nitrogens with one attached hydrogen (secondary N) is 1. The first kappa shape index (κ1) is 31.0. The summed E-state index contributed by atoms with van der Waals surface area (Å²) in [5.41, 5.74) is 5.96. The number of ether oxygens (including phenoxy) is 1. The van der Waals surface area contributed by atoms with Gasteiger partial charge in [-0.1, -0.05) is 23.4 Å². The van der Waals surface area contributed by atoms with Crippen LogP contribution in [0.15, 0.2) is 48.5 Å². The van der Waals surface area contributed by atoms with Gasteiger partial charge in [-0.3, -0.25) is 9.78 Å². The quantitative estimate of drug-likeness (QED) is 0.231. The Morgan fingerprint density at radius 1 is 1.19 bits per heavy atom. The molecule has 4 aromatic rings. The van der Waals surface area contributed by atoms with Gasteiger partial charge in [-0.25, -0.2) is 18.2 Å². The molecule has 1 aliphatic rings. The molecule has 0 bridgehead atoms. The molecule has 0 fully saturated rings. The summed E-state index contributed by atoms with van der Waals surface area (Å²) in [5.74, 6) is -0.420. The Morgan fingerprint density at radius 2 is 1.90 bits per heavy atom. The number of carbonyl (C=O) groups is 2. The molecule has 1 atom stereocenters. The Hall–Kier alpha value is -3.96. The first-order valence-corrected chi connectivity index (χ1v) is 13.4. The van der Waals surface area contributed by atoms with Gasteiger partial charge in [0.05, 0.1) is 23.5 Å². The van der Waals surface area contributed by atoms with Crippen molar-refractivity contribution in [3.8, 4) is 17.0 Å². The molecule has 1 amide bonds. The summed E-state index contributed by atoms with van der Waals surface area (Å²) < 4.78 is 47.3. The van der Waals surface area contributed by atoms with Gasteiger partial charge in [0.1, 0.15) is 28.8 Å². The predicted molar refractivity (Wildman–Crippen MR) is 158 cm³/mol. The smallest absolute Gasteiger partial charge is 0.254 e. The molecule has 1 radical (unpaired) electrons. The zero-order chi connectivity index (χ0) is 30.6. The van der Waals surface area contributed by atoms with E-state index in [1.165, 1.54) is 44.5 Å². The molecule has 0 saturated heterocycles. The number of benzene rings is 2. The van der Waals surface area contributed by atoms with Gasteiger partial charge in [-0.2, -0.15) is 0 Å². The van der Waals surface area contributed by atoms with Gasteiger partial charge >= 0.3 is 0 Å². The van der Waals surface area contributed by atoms with E-state index in [0.717, 1.165) is 0 Å². The van der Waals surface area contributed by atoms with E-state index in [-0.39, 0.29) is 37.0 Å². The number of nitrogens with zero attached hydrogens (tertiary/aromatic N) is 2. The number of hydrogen-bond acceptors (Lipinski definition) is 6. The van der Waals surface area contributed by atoms with Crippen LogP contribution in [0.25, 0.3) is 22.2 Å². The fraction of sp³-hybridized carbons (Fsp3) is 0.267. The summed E-state index contributed by atoms with van der Waals surface area (Å²) in [4.78, 5) is 34.0. The number of alkyl halides is 2. The van der Waals surface area contributed by atoms with Gasteiger partial charge in [-0.15, -0.1) is 0 Å². The molecule has 3 heterocycles. The van der Waals surface area contributed by atoms with E-state index in [2.05, 4.69) is 21.0 Å². The third kappa shape index (κ3) is 5.84. The molecule has 1 unspecified atom stereocenters. The largest absolute Gasteiger partial charge is 0.494 e. The lowest BCUT2D eigenvalue weighted by Crippen LogP contribution is -2.35. The van der Waals surface area contributed by atoms with E-state index in [1.54, 1.807) is 32.4 Å². The van der Waals surface area contributed by atoms with Crippen molar-refractivity contribution in [2.75, 3.05) is 20.7 Å². The van der Waals surface area contributed by atoms with Crippen molar-refractivity contribution in [2.24, 2.45) is 5.73 Å². The summed E-state index contributed by atoms with van der Waals surface area (Å²) in [5, 5.41) is 3.91. The Labute approximate surface area is 246 Å². The summed E-state index contributed by atoms with van der Waals surface area (Å²) in [6.45, 7) is 1.90. The molecule has 42 heavy (non-hydrogen) atoms. The normalized spacial score (nSPS) is 15.5. The van der Waals surface area contributed by atoms with Crippen molar-refractivity contribution in [3.63, 3.8) is 0 Å². The van der Waals surface area contributed by atoms with E-state index in [1.807, 2.05) is 0 Å². The zero-order valence-electron chi connectivity index (χ0n) is 23.2. The summed E-state index contributed by atoms with van der Waals surface area (Å²) in [6, 6.07) is 12.0. The van der Waals surface area contributed by atoms with E-state index >= 15 is 0 Å². The van der Waals surface area contributed by atoms with Crippen molar-refractivity contribution in [1.82, 2.24) is 15.3 Å². The maximum atomic E-state index is 14.2. The molecule has 7 nitrogen and oxygen atoms in total. The predicted octanol–water partition coefficient (Wildman–Crippen LogP) is 4.42. The van der Waals surface area contributed by atoms with Crippen LogP contribution in [0.3, 0.4) is 0 Å². The Balaban J connectivity index is 0.00000198. The van der Waals surface area contributed by atoms with Gasteiger partial charge in [-0.05, 0) is 73.6 Å². The molecule has 3 N–H and O–H groups in total. The standard InChI is InChI=1S/C29H23BClF3N3O3.CH5N/c1-15-22(31)10-17-9-18(11-23(40-2)25(17)36-15)27(39)35-8-7-20-12-21-24(30-13-29(21,14-38)28(33)34)26(37-20)16-3-5-19(32)6-4-16;1-2/h3-6,9-12,14,28H,7-8,13H2,1-2H3,(H,35,39);2H2,1H3. The highest BCUT2D eigenvalue weighted by Gasteiger charge is 2.48. The van der Waals surface area contributed by atoms with Gasteiger partial charge in [0.25, 0.3) is 12.3 Å². The summed E-state index contributed by atoms with van der Waals surface area (Å²) in [7, 11) is 4.55. The van der Waals surface area contributed by atoms with Crippen LogP contribution in [0.2, 0.25) is 11.3 Å². The van der Waals surface area contributed by atoms with Crippen LogP contribution in [0.1, 0.15) is 27.3 Å². The number of fused-ring (bicyclic) bond motifs is 2. The monoisotopic (exact) mass is 595 g/mol. The van der Waals surface area contributed by atoms with Crippen LogP contribution in [0, 0.1) is 12.7 Å². The molecule has 2 aromatic carbocycles. The van der Waals surface area contributed by atoms with Crippen molar-refractivity contribution < 1.29 is 27.5 Å². The van der Waals surface area contributed by atoms with Crippen molar-refractivity contribution in [3.05, 3.63) is 81.9 Å². The maximum Gasteiger partial charge on any atom is 0.254 e. The van der Waals surface area contributed by atoms with Gasteiger partial charge < -0.3 is 20.6 Å². The lowest BCUT2D eigenvalue weighted by Gasteiger charge is -2.24. The second-order valence-corrected chi connectivity index (χ2v) is 10.0. The first-order valence-electron chi connectivity index (χ1n) is 13.1. The molecule has 217 valence electrons. The average Bonchev–Trinajstić information content (AvgIpc) is 3.38. The van der Waals surface area contributed by atoms with Crippen LogP contribution in [0.5, 0.6) is 5.75 Å². The summed E-state index contributed by atoms with van der Waals surface area (Å²) in [6.07, 6.45) is -2.60. The second-order valence-electron chi connectivity index (χ2n) is 9.61. The molecule has 5 rings (SSSR count). The number of halogens is 4. The molecular formula is C30H28BClF3N4O3. The van der Waals surface area contributed by atoms with Crippen molar-refractivity contribution >= 4 is 47.4 Å². The minimum absolute atomic E-state index is 0.132. The fourth-order valence-corrected chi connectivity index (χ4v) is 5.08. The van der Waals surface area contributed by atoms with Crippen LogP contribution in [-0.2, 0) is 16.6 Å². The molecule has 2 aromatic heterocycles. The van der Waals surface area contributed by atoms with E-state index in [9.17, 15) is 22.8 Å². The minimum atomic E-state index is -2.92. The van der Waals surface area contributed by atoms with Crippen LogP contribution < -0.4 is 21.3 Å². The number of rotatable bonds is 8. The lowest BCUT2D eigenvalue weighted by molar-refractivity contribution is -0.116.